The molecule has 0 atom stereocenters. The van der Waals surface area contributed by atoms with Crippen molar-refractivity contribution in [2.45, 2.75) is 6.54 Å². The van der Waals surface area contributed by atoms with Gasteiger partial charge in [-0.1, -0.05) is 97.1 Å². The van der Waals surface area contributed by atoms with Gasteiger partial charge in [-0.3, -0.25) is 0 Å². The second-order valence-electron chi connectivity index (χ2n) is 12.7. The molecule has 1 aliphatic heterocycles. The summed E-state index contributed by atoms with van der Waals surface area (Å²) in [4.78, 5) is 2.26. The van der Waals surface area contributed by atoms with Crippen LogP contribution < -0.4 is 4.90 Å². The number of fused-ring (bicyclic) bond motifs is 6. The van der Waals surface area contributed by atoms with E-state index in [4.69, 9.17) is 0 Å². The van der Waals surface area contributed by atoms with Gasteiger partial charge in [-0.2, -0.15) is 15.8 Å². The van der Waals surface area contributed by atoms with Crippen molar-refractivity contribution in [1.29, 1.82) is 15.8 Å². The van der Waals surface area contributed by atoms with E-state index in [2.05, 4.69) is 94.4 Å². The summed E-state index contributed by atoms with van der Waals surface area (Å²) in [6.45, 7) is 0.661. The van der Waals surface area contributed by atoms with Gasteiger partial charge in [0.15, 0.2) is 0 Å². The number of aromatic nitrogens is 1. The lowest BCUT2D eigenvalue weighted by atomic mass is 9.90. The molecule has 51 heavy (non-hydrogen) atoms. The molecule has 1 aromatic heterocycles. The molecule has 0 aliphatic carbocycles. The molecule has 1 aliphatic rings. The Kier molecular flexibility index (Phi) is 6.96. The Morgan fingerprint density at radius 2 is 1.12 bits per heavy atom. The molecule has 0 fully saturated rings. The third kappa shape index (κ3) is 4.75. The van der Waals surface area contributed by atoms with Crippen LogP contribution in [0.15, 0.2) is 152 Å². The smallest absolute Gasteiger partial charge is 0.100 e. The predicted octanol–water partition coefficient (Wildman–Crippen LogP) is 11.1. The van der Waals surface area contributed by atoms with Crippen LogP contribution in [-0.2, 0) is 6.54 Å². The number of rotatable bonds is 4. The highest BCUT2D eigenvalue weighted by molar-refractivity contribution is 6.10. The number of anilines is 2. The van der Waals surface area contributed by atoms with E-state index in [9.17, 15) is 15.8 Å². The van der Waals surface area contributed by atoms with Crippen LogP contribution in [0.2, 0.25) is 0 Å². The van der Waals surface area contributed by atoms with Crippen LogP contribution >= 0.6 is 0 Å². The molecule has 8 aromatic rings. The molecule has 236 valence electrons. The summed E-state index contributed by atoms with van der Waals surface area (Å²) in [7, 11) is 0. The maximum atomic E-state index is 10.8. The summed E-state index contributed by atoms with van der Waals surface area (Å²) in [6.07, 6.45) is 0. The summed E-state index contributed by atoms with van der Waals surface area (Å²) in [5, 5.41) is 32.3. The zero-order chi connectivity index (χ0) is 34.5. The van der Waals surface area contributed by atoms with Crippen LogP contribution in [0.1, 0.15) is 22.3 Å². The van der Waals surface area contributed by atoms with Gasteiger partial charge in [-0.15, -0.1) is 0 Å². The lowest BCUT2D eigenvalue weighted by Crippen LogP contribution is -2.21. The molecule has 5 heteroatoms. The molecule has 7 aromatic carbocycles. The highest BCUT2D eigenvalue weighted by Crippen LogP contribution is 2.45. The molecule has 0 unspecified atom stereocenters. The van der Waals surface area contributed by atoms with Crippen LogP contribution in [-0.4, -0.2) is 4.57 Å². The monoisotopic (exact) mass is 649 g/mol. The molecule has 0 saturated heterocycles. The lowest BCUT2D eigenvalue weighted by molar-refractivity contribution is 0.961. The molecule has 0 radical (unpaired) electrons. The molecule has 0 spiro atoms. The largest absolute Gasteiger partial charge is 0.336 e. The van der Waals surface area contributed by atoms with Crippen LogP contribution in [0.3, 0.4) is 0 Å². The lowest BCUT2D eigenvalue weighted by Gasteiger charge is -2.33. The highest BCUT2D eigenvalue weighted by Gasteiger charge is 2.24. The fourth-order valence-electron chi connectivity index (χ4n) is 7.64. The number of para-hydroxylation sites is 2. The molecule has 0 amide bonds. The first-order valence-electron chi connectivity index (χ1n) is 16.7. The highest BCUT2D eigenvalue weighted by atomic mass is 15.1. The Bertz CT molecular complexity index is 2840. The molecule has 5 nitrogen and oxygen atoms in total. The molecule has 0 bridgehead atoms. The predicted molar refractivity (Wildman–Crippen MR) is 204 cm³/mol. The van der Waals surface area contributed by atoms with Crippen LogP contribution in [0.4, 0.5) is 11.4 Å². The van der Waals surface area contributed by atoms with Crippen molar-refractivity contribution >= 4 is 33.2 Å². The third-order valence-electron chi connectivity index (χ3n) is 9.94. The Hall–Kier alpha value is -7.39. The zero-order valence-corrected chi connectivity index (χ0v) is 27.4. The summed E-state index contributed by atoms with van der Waals surface area (Å²) >= 11 is 0. The van der Waals surface area contributed by atoms with E-state index >= 15 is 0 Å². The second kappa shape index (κ2) is 11.9. The van der Waals surface area contributed by atoms with E-state index in [-0.39, 0.29) is 0 Å². The van der Waals surface area contributed by atoms with Gasteiger partial charge in [0.05, 0.1) is 51.2 Å². The number of hydrogen-bond donors (Lipinski definition) is 0. The second-order valence-corrected chi connectivity index (χ2v) is 12.7. The Morgan fingerprint density at radius 1 is 0.451 bits per heavy atom. The van der Waals surface area contributed by atoms with Crippen LogP contribution in [0.5, 0.6) is 0 Å². The Morgan fingerprint density at radius 3 is 1.98 bits per heavy atom. The molecule has 0 N–H and O–H groups in total. The minimum absolute atomic E-state index is 0.589. The van der Waals surface area contributed by atoms with Crippen molar-refractivity contribution in [3.8, 4) is 57.3 Å². The number of nitrogens with zero attached hydrogens (tertiary/aromatic N) is 5. The SMILES string of the molecule is N#Cc1ccc2c(c1)N(c1cccc(-c3cccc(-c4ccccc4-n4c5ccccc5c5cc(C#N)ccc54)c3C#N)c1)Cc1ccccc1-2. The minimum atomic E-state index is 0.589. The molecular formula is C46H27N5. The van der Waals surface area contributed by atoms with E-state index in [1.807, 2.05) is 84.9 Å². The standard InChI is InChI=1S/C46H27N5/c47-26-30-20-22-45-41(23-30)39-14-4-6-18-44(39)51(45)43-17-5-3-13-38(43)37-16-8-15-35(42(37)28-49)32-10-7-11-34(25-32)50-29-33-9-1-2-12-36(33)40-21-19-31(27-48)24-46(40)50/h1-25H,29H2. The van der Waals surface area contributed by atoms with Crippen LogP contribution in [0.25, 0.3) is 60.9 Å². The topological polar surface area (TPSA) is 79.5 Å². The van der Waals surface area contributed by atoms with Gasteiger partial charge in [-0.25, -0.2) is 0 Å². The summed E-state index contributed by atoms with van der Waals surface area (Å²) in [5.41, 5.74) is 13.8. The summed E-state index contributed by atoms with van der Waals surface area (Å²) < 4.78 is 2.23. The molecular weight excluding hydrogens is 623 g/mol. The maximum absolute atomic E-state index is 10.8. The van der Waals surface area contributed by atoms with Crippen molar-refractivity contribution in [3.05, 3.63) is 174 Å². The quantitative estimate of drug-likeness (QED) is 0.190. The molecule has 9 rings (SSSR count). The van der Waals surface area contributed by atoms with E-state index in [1.54, 1.807) is 0 Å². The Balaban J connectivity index is 1.20. The number of hydrogen-bond acceptors (Lipinski definition) is 4. The molecule has 2 heterocycles. The number of nitriles is 3. The van der Waals surface area contributed by atoms with Crippen molar-refractivity contribution in [2.75, 3.05) is 4.90 Å². The Labute approximate surface area is 295 Å². The third-order valence-corrected chi connectivity index (χ3v) is 9.94. The van der Waals surface area contributed by atoms with Gasteiger partial charge in [0.2, 0.25) is 0 Å². The van der Waals surface area contributed by atoms with Gasteiger partial charge in [0, 0.05) is 45.3 Å². The van der Waals surface area contributed by atoms with E-state index in [1.165, 1.54) is 11.1 Å². The van der Waals surface area contributed by atoms with E-state index < -0.39 is 0 Å². The van der Waals surface area contributed by atoms with E-state index in [0.717, 1.165) is 66.7 Å². The summed E-state index contributed by atoms with van der Waals surface area (Å²) in [6, 6.07) is 58.1. The van der Waals surface area contributed by atoms with Gasteiger partial charge in [0.1, 0.15) is 6.07 Å². The molecule has 0 saturated carbocycles. The van der Waals surface area contributed by atoms with Gasteiger partial charge >= 0.3 is 0 Å². The zero-order valence-electron chi connectivity index (χ0n) is 27.4. The fourth-order valence-corrected chi connectivity index (χ4v) is 7.64. The van der Waals surface area contributed by atoms with Gasteiger partial charge in [-0.05, 0) is 71.3 Å². The van der Waals surface area contributed by atoms with Crippen LogP contribution in [0, 0.1) is 34.0 Å². The van der Waals surface area contributed by atoms with Crippen molar-refractivity contribution in [2.24, 2.45) is 0 Å². The average Bonchev–Trinajstić information content (AvgIpc) is 3.53. The van der Waals surface area contributed by atoms with Gasteiger partial charge < -0.3 is 9.47 Å². The minimum Gasteiger partial charge on any atom is -0.336 e. The average molecular weight is 650 g/mol. The number of benzene rings is 7. The normalized spacial score (nSPS) is 11.7. The summed E-state index contributed by atoms with van der Waals surface area (Å²) in [5.74, 6) is 0. The first-order valence-corrected chi connectivity index (χ1v) is 16.7. The fraction of sp³-hybridized carbons (Fsp3) is 0.0217. The first-order chi connectivity index (χ1) is 25.2. The van der Waals surface area contributed by atoms with Crippen molar-refractivity contribution < 1.29 is 0 Å². The van der Waals surface area contributed by atoms with Crippen molar-refractivity contribution in [3.63, 3.8) is 0 Å². The van der Waals surface area contributed by atoms with Crippen molar-refractivity contribution in [1.82, 2.24) is 4.57 Å². The van der Waals surface area contributed by atoms with E-state index in [0.29, 0.717) is 23.2 Å². The van der Waals surface area contributed by atoms with Gasteiger partial charge in [0.25, 0.3) is 0 Å². The first kappa shape index (κ1) is 29.7. The maximum Gasteiger partial charge on any atom is 0.100 e.